The number of hydrogen-bond donors (Lipinski definition) is 1. The van der Waals surface area contributed by atoms with Crippen LogP contribution >= 0.6 is 0 Å². The minimum Gasteiger partial charge on any atom is -0.388 e. The van der Waals surface area contributed by atoms with Crippen molar-refractivity contribution in [3.05, 3.63) is 90.1 Å². The van der Waals surface area contributed by atoms with Crippen molar-refractivity contribution in [2.45, 2.75) is 51.6 Å². The summed E-state index contributed by atoms with van der Waals surface area (Å²) in [5, 5.41) is 21.0. The number of aliphatic hydroxyl groups is 1. The summed E-state index contributed by atoms with van der Waals surface area (Å²) in [5.74, 6) is 0. The van der Waals surface area contributed by atoms with E-state index in [0.29, 0.717) is 12.0 Å². The highest BCUT2D eigenvalue weighted by Gasteiger charge is 2.25. The Morgan fingerprint density at radius 3 is 2.19 bits per heavy atom. The summed E-state index contributed by atoms with van der Waals surface area (Å²) >= 11 is 0. The van der Waals surface area contributed by atoms with Crippen LogP contribution in [0, 0.1) is 11.3 Å². The summed E-state index contributed by atoms with van der Waals surface area (Å²) in [4.78, 5) is 0. The summed E-state index contributed by atoms with van der Waals surface area (Å²) in [6.07, 6.45) is 7.87. The molecule has 0 aliphatic heterocycles. The molecule has 0 spiro atoms. The van der Waals surface area contributed by atoms with Crippen LogP contribution < -0.4 is 0 Å². The third-order valence-electron chi connectivity index (χ3n) is 6.13. The summed E-state index contributed by atoms with van der Waals surface area (Å²) in [6, 6.07) is 26.6. The highest BCUT2D eigenvalue weighted by atomic mass is 16.3. The molecule has 32 heavy (non-hydrogen) atoms. The normalized spacial score (nSPS) is 12.0. The van der Waals surface area contributed by atoms with Crippen LogP contribution in [0.15, 0.2) is 79.0 Å². The average Bonchev–Trinajstić information content (AvgIpc) is 3.19. The van der Waals surface area contributed by atoms with Gasteiger partial charge in [-0.15, -0.1) is 0 Å². The van der Waals surface area contributed by atoms with Crippen molar-refractivity contribution in [3.63, 3.8) is 0 Å². The molecule has 0 saturated heterocycles. The van der Waals surface area contributed by atoms with E-state index in [1.165, 1.54) is 19.3 Å². The zero-order valence-corrected chi connectivity index (χ0v) is 18.7. The quantitative estimate of drug-likeness (QED) is 0.283. The lowest BCUT2D eigenvalue weighted by atomic mass is 9.92. The van der Waals surface area contributed by atoms with Gasteiger partial charge < -0.3 is 9.51 Å². The van der Waals surface area contributed by atoms with Gasteiger partial charge in [0, 0.05) is 17.3 Å². The van der Waals surface area contributed by atoms with E-state index in [0.717, 1.165) is 46.3 Å². The number of nitriles is 1. The summed E-state index contributed by atoms with van der Waals surface area (Å²) in [7, 11) is 0. The first-order chi connectivity index (χ1) is 15.7. The molecule has 4 rings (SSSR count). The first-order valence-corrected chi connectivity index (χ1v) is 11.6. The Balaban J connectivity index is 1.91. The third-order valence-corrected chi connectivity index (χ3v) is 6.13. The molecule has 2 heterocycles. The van der Waals surface area contributed by atoms with E-state index < -0.39 is 6.10 Å². The average molecular weight is 423 g/mol. The van der Waals surface area contributed by atoms with Gasteiger partial charge in [0.2, 0.25) is 0 Å². The Morgan fingerprint density at radius 2 is 1.53 bits per heavy atom. The first-order valence-electron chi connectivity index (χ1n) is 11.6. The topological polar surface area (TPSA) is 48.4 Å². The number of fused-ring (bicyclic) bond motifs is 1. The fourth-order valence-corrected chi connectivity index (χ4v) is 4.55. The molecule has 0 amide bonds. The van der Waals surface area contributed by atoms with Gasteiger partial charge in [-0.2, -0.15) is 5.26 Å². The Kier molecular flexibility index (Phi) is 7.04. The van der Waals surface area contributed by atoms with Crippen LogP contribution in [0.25, 0.3) is 27.9 Å². The van der Waals surface area contributed by atoms with E-state index in [4.69, 9.17) is 0 Å². The highest BCUT2D eigenvalue weighted by molar-refractivity contribution is 5.91. The monoisotopic (exact) mass is 422 g/mol. The fourth-order valence-electron chi connectivity index (χ4n) is 4.55. The summed E-state index contributed by atoms with van der Waals surface area (Å²) < 4.78 is 2.13. The molecule has 4 aromatic rings. The predicted molar refractivity (Wildman–Crippen MR) is 131 cm³/mol. The van der Waals surface area contributed by atoms with E-state index in [1.807, 2.05) is 54.7 Å². The Bertz CT molecular complexity index is 1200. The molecule has 0 radical (unpaired) electrons. The van der Waals surface area contributed by atoms with Crippen LogP contribution in [0.4, 0.5) is 0 Å². The number of aliphatic hydroxyl groups excluding tert-OH is 1. The number of benzene rings is 2. The molecule has 1 N–H and O–H groups in total. The van der Waals surface area contributed by atoms with Gasteiger partial charge in [-0.05, 0) is 29.7 Å². The SMILES string of the molecule is CCCCCCCC(O)c1c(-c2ccccc2)c(-c2ccccc2)n2ccc(C#N)cc12. The number of rotatable bonds is 9. The van der Waals surface area contributed by atoms with E-state index in [1.54, 1.807) is 0 Å². The lowest BCUT2D eigenvalue weighted by Gasteiger charge is -2.14. The molecule has 0 aliphatic rings. The van der Waals surface area contributed by atoms with Gasteiger partial charge in [0.25, 0.3) is 0 Å². The van der Waals surface area contributed by atoms with Gasteiger partial charge in [-0.3, -0.25) is 0 Å². The van der Waals surface area contributed by atoms with Crippen molar-refractivity contribution < 1.29 is 5.11 Å². The Hall–Kier alpha value is -3.35. The lowest BCUT2D eigenvalue weighted by molar-refractivity contribution is 0.165. The van der Waals surface area contributed by atoms with E-state index in [9.17, 15) is 10.4 Å². The maximum atomic E-state index is 11.4. The summed E-state index contributed by atoms with van der Waals surface area (Å²) in [6.45, 7) is 2.21. The zero-order chi connectivity index (χ0) is 22.3. The van der Waals surface area contributed by atoms with Crippen molar-refractivity contribution in [2.24, 2.45) is 0 Å². The number of aromatic nitrogens is 1. The minimum atomic E-state index is -0.590. The van der Waals surface area contributed by atoms with Crippen molar-refractivity contribution in [3.8, 4) is 28.5 Å². The van der Waals surface area contributed by atoms with E-state index in [2.05, 4.69) is 41.7 Å². The molecule has 2 aromatic heterocycles. The molecular weight excluding hydrogens is 392 g/mol. The number of pyridine rings is 1. The maximum absolute atomic E-state index is 11.4. The Labute approximate surface area is 190 Å². The van der Waals surface area contributed by atoms with Crippen LogP contribution in [0.1, 0.15) is 62.7 Å². The number of unbranched alkanes of at least 4 members (excludes halogenated alkanes) is 4. The smallest absolute Gasteiger partial charge is 0.0992 e. The van der Waals surface area contributed by atoms with Crippen molar-refractivity contribution >= 4 is 5.52 Å². The zero-order valence-electron chi connectivity index (χ0n) is 18.7. The maximum Gasteiger partial charge on any atom is 0.0992 e. The molecule has 0 saturated carbocycles. The van der Waals surface area contributed by atoms with Gasteiger partial charge in [-0.1, -0.05) is 99.7 Å². The molecule has 3 nitrogen and oxygen atoms in total. The molecule has 1 unspecified atom stereocenters. The molecule has 0 aliphatic carbocycles. The van der Waals surface area contributed by atoms with E-state index >= 15 is 0 Å². The van der Waals surface area contributed by atoms with Crippen molar-refractivity contribution in [2.75, 3.05) is 0 Å². The first kappa shape index (κ1) is 21.9. The second-order valence-electron chi connectivity index (χ2n) is 8.37. The molecular formula is C29H30N2O. The predicted octanol–water partition coefficient (Wildman–Crippen LogP) is 7.54. The van der Waals surface area contributed by atoms with Gasteiger partial charge >= 0.3 is 0 Å². The number of hydrogen-bond acceptors (Lipinski definition) is 2. The molecule has 0 bridgehead atoms. The largest absolute Gasteiger partial charge is 0.388 e. The van der Waals surface area contributed by atoms with Crippen LogP contribution in [-0.2, 0) is 0 Å². The standard InChI is InChI=1S/C29H30N2O/c1-2-3-4-5-12-17-26(32)28-25-20-22(21-30)18-19-31(25)29(24-15-10-7-11-16-24)27(28)23-13-8-6-9-14-23/h6-11,13-16,18-20,26,32H,2-5,12,17H2,1H3. The number of nitrogens with zero attached hydrogens (tertiary/aromatic N) is 2. The molecule has 162 valence electrons. The molecule has 2 aromatic carbocycles. The van der Waals surface area contributed by atoms with Crippen LogP contribution in [-0.4, -0.2) is 9.51 Å². The molecule has 0 fully saturated rings. The second kappa shape index (κ2) is 10.3. The van der Waals surface area contributed by atoms with Gasteiger partial charge in [0.15, 0.2) is 0 Å². The van der Waals surface area contributed by atoms with Crippen molar-refractivity contribution in [1.82, 2.24) is 4.40 Å². The van der Waals surface area contributed by atoms with Crippen LogP contribution in [0.3, 0.4) is 0 Å². The van der Waals surface area contributed by atoms with Gasteiger partial charge in [-0.25, -0.2) is 0 Å². The summed E-state index contributed by atoms with van der Waals surface area (Å²) in [5.41, 5.74) is 6.70. The van der Waals surface area contributed by atoms with E-state index in [-0.39, 0.29) is 0 Å². The lowest BCUT2D eigenvalue weighted by Crippen LogP contribution is -1.99. The van der Waals surface area contributed by atoms with Crippen molar-refractivity contribution in [1.29, 1.82) is 5.26 Å². The third kappa shape index (κ3) is 4.47. The molecule has 1 atom stereocenters. The van der Waals surface area contributed by atoms with Gasteiger partial charge in [0.05, 0.1) is 28.9 Å². The Morgan fingerprint density at radius 1 is 0.875 bits per heavy atom. The molecule has 3 heteroatoms. The van der Waals surface area contributed by atoms with Crippen LogP contribution in [0.5, 0.6) is 0 Å². The minimum absolute atomic E-state index is 0.590. The van der Waals surface area contributed by atoms with Gasteiger partial charge in [0.1, 0.15) is 0 Å². The van der Waals surface area contributed by atoms with Crippen LogP contribution in [0.2, 0.25) is 0 Å². The fraction of sp³-hybridized carbons (Fsp3) is 0.276. The highest BCUT2D eigenvalue weighted by Crippen LogP contribution is 2.43. The second-order valence-corrected chi connectivity index (χ2v) is 8.37.